The number of rotatable bonds is 11. The Kier molecular flexibility index (Phi) is 9.08. The molecular weight excluding hydrogens is 494 g/mol. The van der Waals surface area contributed by atoms with Crippen LogP contribution in [-0.2, 0) is 11.3 Å². The number of halogens is 1. The highest BCUT2D eigenvalue weighted by molar-refractivity contribution is 6.30. The van der Waals surface area contributed by atoms with Gasteiger partial charge in [-0.05, 0) is 55.8 Å². The van der Waals surface area contributed by atoms with Gasteiger partial charge < -0.3 is 15.1 Å². The van der Waals surface area contributed by atoms with Crippen molar-refractivity contribution in [1.82, 2.24) is 29.5 Å². The number of hydrogen-bond donors (Lipinski definition) is 1. The molecule has 0 aliphatic carbocycles. The maximum absolute atomic E-state index is 12.8. The first-order valence-electron chi connectivity index (χ1n) is 12.6. The minimum atomic E-state index is -0.280. The summed E-state index contributed by atoms with van der Waals surface area (Å²) in [6.07, 6.45) is 4.93. The molecular formula is C26H32ClN7O3. The Morgan fingerprint density at radius 3 is 2.49 bits per heavy atom. The number of carbonyl (C=O) groups is 2. The molecule has 3 aromatic rings. The van der Waals surface area contributed by atoms with Gasteiger partial charge in [0.25, 0.3) is 0 Å². The van der Waals surface area contributed by atoms with Gasteiger partial charge in [0.2, 0.25) is 5.91 Å². The molecule has 0 radical (unpaired) electrons. The van der Waals surface area contributed by atoms with Gasteiger partial charge in [-0.25, -0.2) is 19.0 Å². The summed E-state index contributed by atoms with van der Waals surface area (Å²) in [5, 5.41) is 7.94. The quantitative estimate of drug-likeness (QED) is 0.303. The third-order valence-electron chi connectivity index (χ3n) is 6.34. The Hall–Kier alpha value is -3.50. The van der Waals surface area contributed by atoms with Crippen LogP contribution in [0.4, 0.5) is 5.82 Å². The van der Waals surface area contributed by atoms with Crippen LogP contribution in [0.5, 0.6) is 0 Å². The molecule has 1 aromatic carbocycles. The van der Waals surface area contributed by atoms with Gasteiger partial charge in [-0.1, -0.05) is 18.5 Å². The van der Waals surface area contributed by atoms with E-state index in [2.05, 4.69) is 27.2 Å². The molecule has 1 amide bonds. The lowest BCUT2D eigenvalue weighted by Crippen LogP contribution is -2.51. The van der Waals surface area contributed by atoms with Crippen LogP contribution in [-0.4, -0.2) is 75.2 Å². The topological polar surface area (TPSA) is 105 Å². The summed E-state index contributed by atoms with van der Waals surface area (Å²) in [6, 6.07) is 10.5. The predicted octanol–water partition coefficient (Wildman–Crippen LogP) is 2.39. The van der Waals surface area contributed by atoms with Crippen LogP contribution in [0.2, 0.25) is 5.02 Å². The van der Waals surface area contributed by atoms with Crippen molar-refractivity contribution in [3.63, 3.8) is 0 Å². The number of carbonyl (C=O) groups excluding carboxylic acids is 2. The fraction of sp³-hybridized carbons (Fsp3) is 0.423. The van der Waals surface area contributed by atoms with Crippen molar-refractivity contribution >= 4 is 29.1 Å². The predicted molar refractivity (Wildman–Crippen MR) is 143 cm³/mol. The largest absolute Gasteiger partial charge is 0.353 e. The number of piperazine rings is 1. The molecule has 0 bridgehead atoms. The second-order valence-electron chi connectivity index (χ2n) is 8.96. The smallest absolute Gasteiger partial charge is 0.350 e. The molecule has 10 nitrogen and oxygen atoms in total. The van der Waals surface area contributed by atoms with Gasteiger partial charge in [0.1, 0.15) is 12.1 Å². The first-order chi connectivity index (χ1) is 18.0. The van der Waals surface area contributed by atoms with E-state index < -0.39 is 0 Å². The van der Waals surface area contributed by atoms with Crippen molar-refractivity contribution in [3.05, 3.63) is 70.0 Å². The number of ketones is 1. The minimum absolute atomic E-state index is 0.00213. The maximum Gasteiger partial charge on any atom is 0.350 e. The van der Waals surface area contributed by atoms with E-state index in [0.29, 0.717) is 68.4 Å². The van der Waals surface area contributed by atoms with E-state index in [1.165, 1.54) is 15.6 Å². The summed E-state index contributed by atoms with van der Waals surface area (Å²) in [5.41, 5.74) is 0.941. The highest BCUT2D eigenvalue weighted by atomic mass is 35.5. The number of anilines is 1. The Morgan fingerprint density at radius 2 is 1.81 bits per heavy atom. The lowest BCUT2D eigenvalue weighted by atomic mass is 10.1. The molecule has 2 aromatic heterocycles. The third-order valence-corrected chi connectivity index (χ3v) is 6.60. The van der Waals surface area contributed by atoms with E-state index in [1.807, 2.05) is 17.0 Å². The molecule has 0 saturated carbocycles. The van der Waals surface area contributed by atoms with Gasteiger partial charge in [0, 0.05) is 49.7 Å². The minimum Gasteiger partial charge on any atom is -0.353 e. The van der Waals surface area contributed by atoms with Gasteiger partial charge in [0.15, 0.2) is 5.78 Å². The third kappa shape index (κ3) is 6.84. The molecule has 4 rings (SSSR count). The van der Waals surface area contributed by atoms with Crippen LogP contribution in [0.25, 0.3) is 5.69 Å². The highest BCUT2D eigenvalue weighted by Crippen LogP contribution is 2.16. The normalized spacial score (nSPS) is 13.7. The van der Waals surface area contributed by atoms with E-state index in [-0.39, 0.29) is 17.4 Å². The Labute approximate surface area is 220 Å². The van der Waals surface area contributed by atoms with Crippen molar-refractivity contribution in [2.24, 2.45) is 0 Å². The van der Waals surface area contributed by atoms with E-state index >= 15 is 0 Å². The summed E-state index contributed by atoms with van der Waals surface area (Å²) < 4.78 is 2.80. The second kappa shape index (κ2) is 12.6. The molecule has 0 unspecified atom stereocenters. The van der Waals surface area contributed by atoms with Crippen LogP contribution >= 0.6 is 11.6 Å². The summed E-state index contributed by atoms with van der Waals surface area (Å²) in [7, 11) is 0. The lowest BCUT2D eigenvalue weighted by molar-refractivity contribution is -0.130. The summed E-state index contributed by atoms with van der Waals surface area (Å²) >= 11 is 5.87. The molecule has 1 aliphatic rings. The number of nitrogens with one attached hydrogen (secondary N) is 1. The van der Waals surface area contributed by atoms with Crippen molar-refractivity contribution in [2.75, 3.05) is 44.2 Å². The standard InChI is InChI=1S/C26H32ClN7O3/c1-2-11-28-18-25(36)32-15-13-31(14-16-32)24-10-9-22(17-29-24)33-19-30-34(26(33)37)12-3-4-23(35)20-5-7-21(27)8-6-20/h5-10,17,19,28H,2-4,11-16,18H2,1H3. The molecule has 1 saturated heterocycles. The van der Waals surface area contributed by atoms with Gasteiger partial charge in [0.05, 0.1) is 18.4 Å². The fourth-order valence-electron chi connectivity index (χ4n) is 4.21. The van der Waals surface area contributed by atoms with Crippen LogP contribution in [0, 0.1) is 0 Å². The highest BCUT2D eigenvalue weighted by Gasteiger charge is 2.21. The summed E-state index contributed by atoms with van der Waals surface area (Å²) in [5.74, 6) is 0.936. The maximum atomic E-state index is 12.8. The van der Waals surface area contributed by atoms with Crippen molar-refractivity contribution in [1.29, 1.82) is 0 Å². The average molecular weight is 526 g/mol. The van der Waals surface area contributed by atoms with Gasteiger partial charge in [-0.3, -0.25) is 9.59 Å². The van der Waals surface area contributed by atoms with Crippen LogP contribution in [0.3, 0.4) is 0 Å². The van der Waals surface area contributed by atoms with Gasteiger partial charge in [-0.2, -0.15) is 5.10 Å². The zero-order chi connectivity index (χ0) is 26.2. The first-order valence-corrected chi connectivity index (χ1v) is 13.0. The first kappa shape index (κ1) is 26.6. The van der Waals surface area contributed by atoms with E-state index in [0.717, 1.165) is 18.8 Å². The fourth-order valence-corrected chi connectivity index (χ4v) is 4.34. The molecule has 1 N–H and O–H groups in total. The Morgan fingerprint density at radius 1 is 1.05 bits per heavy atom. The second-order valence-corrected chi connectivity index (χ2v) is 9.40. The van der Waals surface area contributed by atoms with Crippen molar-refractivity contribution < 1.29 is 9.59 Å². The molecule has 196 valence electrons. The molecule has 0 spiro atoms. The van der Waals surface area contributed by atoms with Gasteiger partial charge in [-0.15, -0.1) is 0 Å². The number of aromatic nitrogens is 4. The number of amides is 1. The lowest BCUT2D eigenvalue weighted by Gasteiger charge is -2.35. The van der Waals surface area contributed by atoms with Crippen molar-refractivity contribution in [3.8, 4) is 5.69 Å². The number of benzene rings is 1. The molecule has 37 heavy (non-hydrogen) atoms. The zero-order valence-corrected chi connectivity index (χ0v) is 21.7. The number of aryl methyl sites for hydroxylation is 1. The molecule has 1 fully saturated rings. The monoisotopic (exact) mass is 525 g/mol. The van der Waals surface area contributed by atoms with Crippen LogP contribution in [0.15, 0.2) is 53.7 Å². The molecule has 11 heteroatoms. The van der Waals surface area contributed by atoms with Crippen LogP contribution in [0.1, 0.15) is 36.5 Å². The van der Waals surface area contributed by atoms with Gasteiger partial charge >= 0.3 is 5.69 Å². The van der Waals surface area contributed by atoms with E-state index in [4.69, 9.17) is 11.6 Å². The number of nitrogens with zero attached hydrogens (tertiary/aromatic N) is 6. The Bertz CT molecular complexity index is 1250. The van der Waals surface area contributed by atoms with E-state index in [9.17, 15) is 14.4 Å². The average Bonchev–Trinajstić information content (AvgIpc) is 3.29. The number of hydrogen-bond acceptors (Lipinski definition) is 7. The molecule has 1 aliphatic heterocycles. The molecule has 3 heterocycles. The SMILES string of the molecule is CCCNCC(=O)N1CCN(c2ccc(-n3cnn(CCCC(=O)c4ccc(Cl)cc4)c3=O)cn2)CC1. The zero-order valence-electron chi connectivity index (χ0n) is 21.0. The summed E-state index contributed by atoms with van der Waals surface area (Å²) in [4.78, 5) is 46.0. The van der Waals surface area contributed by atoms with E-state index in [1.54, 1.807) is 30.5 Å². The Balaban J connectivity index is 1.28. The summed E-state index contributed by atoms with van der Waals surface area (Å²) in [6.45, 7) is 6.36. The van der Waals surface area contributed by atoms with Crippen LogP contribution < -0.4 is 15.9 Å². The number of Topliss-reactive ketones (excluding diaryl/α,β-unsaturated/α-hetero) is 1. The van der Waals surface area contributed by atoms with Crippen molar-refractivity contribution in [2.45, 2.75) is 32.7 Å². The molecule has 0 atom stereocenters. The number of pyridine rings is 1.